The van der Waals surface area contributed by atoms with Crippen LogP contribution in [-0.2, 0) is 13.1 Å². The summed E-state index contributed by atoms with van der Waals surface area (Å²) in [5.41, 5.74) is 2.95. The summed E-state index contributed by atoms with van der Waals surface area (Å²) in [5.74, 6) is 1.33. The zero-order chi connectivity index (χ0) is 13.9. The highest BCUT2D eigenvalue weighted by atomic mass is 16.3. The highest BCUT2D eigenvalue weighted by molar-refractivity contribution is 5.30. The Balaban J connectivity index is 1.58. The van der Waals surface area contributed by atoms with Crippen LogP contribution in [0.15, 0.2) is 24.3 Å². The molecular formula is C18H27NO. The van der Waals surface area contributed by atoms with Crippen LogP contribution in [-0.4, -0.2) is 22.7 Å². The van der Waals surface area contributed by atoms with Crippen molar-refractivity contribution in [2.24, 2.45) is 11.8 Å². The van der Waals surface area contributed by atoms with E-state index in [4.69, 9.17) is 0 Å². The van der Waals surface area contributed by atoms with E-state index >= 15 is 0 Å². The lowest BCUT2D eigenvalue weighted by Gasteiger charge is -2.35. The summed E-state index contributed by atoms with van der Waals surface area (Å²) in [6.45, 7) is 5.48. The molecule has 0 aromatic heterocycles. The molecule has 2 nitrogen and oxygen atoms in total. The summed E-state index contributed by atoms with van der Waals surface area (Å²) in [4.78, 5) is 2.52. The van der Waals surface area contributed by atoms with Gasteiger partial charge in [-0.3, -0.25) is 4.90 Å². The number of aliphatic hydroxyl groups excluding tert-OH is 1. The van der Waals surface area contributed by atoms with Crippen LogP contribution in [0.25, 0.3) is 0 Å². The topological polar surface area (TPSA) is 23.5 Å². The number of aliphatic hydroxyl groups is 1. The first-order valence-corrected chi connectivity index (χ1v) is 8.23. The Morgan fingerprint density at radius 3 is 2.50 bits per heavy atom. The van der Waals surface area contributed by atoms with Crippen molar-refractivity contribution in [1.29, 1.82) is 0 Å². The van der Waals surface area contributed by atoms with Crippen molar-refractivity contribution >= 4 is 0 Å². The molecule has 3 rings (SSSR count). The minimum absolute atomic E-state index is 0.0770. The van der Waals surface area contributed by atoms with Gasteiger partial charge in [0.2, 0.25) is 0 Å². The third kappa shape index (κ3) is 3.07. The van der Waals surface area contributed by atoms with Crippen LogP contribution >= 0.6 is 0 Å². The lowest BCUT2D eigenvalue weighted by molar-refractivity contribution is 0.0249. The fraction of sp³-hybridized carbons (Fsp3) is 0.667. The van der Waals surface area contributed by atoms with E-state index in [0.29, 0.717) is 5.92 Å². The van der Waals surface area contributed by atoms with Crippen molar-refractivity contribution in [2.45, 2.75) is 58.2 Å². The second kappa shape index (κ2) is 6.28. The van der Waals surface area contributed by atoms with Gasteiger partial charge in [-0.1, -0.05) is 44.0 Å². The Morgan fingerprint density at radius 2 is 1.85 bits per heavy atom. The Morgan fingerprint density at radius 1 is 1.15 bits per heavy atom. The SMILES string of the molecule is CCCC1CCC(O)C(CN2Cc3ccccc3C2)C1. The van der Waals surface area contributed by atoms with Gasteiger partial charge in [0.1, 0.15) is 0 Å². The number of benzene rings is 1. The number of nitrogens with zero attached hydrogens (tertiary/aromatic N) is 1. The summed E-state index contributed by atoms with van der Waals surface area (Å²) >= 11 is 0. The Labute approximate surface area is 122 Å². The number of fused-ring (bicyclic) bond motifs is 1. The van der Waals surface area contributed by atoms with Crippen LogP contribution in [0, 0.1) is 11.8 Å². The molecule has 1 aliphatic heterocycles. The molecule has 1 aliphatic carbocycles. The summed E-state index contributed by atoms with van der Waals surface area (Å²) in [5, 5.41) is 10.3. The third-order valence-electron chi connectivity index (χ3n) is 5.15. The summed E-state index contributed by atoms with van der Waals surface area (Å²) in [6, 6.07) is 8.75. The van der Waals surface area contributed by atoms with E-state index in [1.54, 1.807) is 0 Å². The van der Waals surface area contributed by atoms with Crippen LogP contribution in [0.1, 0.15) is 50.2 Å². The molecule has 3 atom stereocenters. The molecule has 1 heterocycles. The maximum Gasteiger partial charge on any atom is 0.0580 e. The maximum absolute atomic E-state index is 10.3. The van der Waals surface area contributed by atoms with Gasteiger partial charge in [-0.05, 0) is 42.2 Å². The summed E-state index contributed by atoms with van der Waals surface area (Å²) < 4.78 is 0. The van der Waals surface area contributed by atoms with Gasteiger partial charge < -0.3 is 5.11 Å². The third-order valence-corrected chi connectivity index (χ3v) is 5.15. The van der Waals surface area contributed by atoms with Crippen molar-refractivity contribution < 1.29 is 5.11 Å². The van der Waals surface area contributed by atoms with Crippen LogP contribution in [0.4, 0.5) is 0 Å². The first kappa shape index (κ1) is 14.1. The molecule has 1 saturated carbocycles. The molecule has 1 aromatic carbocycles. The van der Waals surface area contributed by atoms with E-state index in [2.05, 4.69) is 36.1 Å². The standard InChI is InChI=1S/C18H27NO/c1-2-5-14-8-9-18(20)17(10-14)13-19-11-15-6-3-4-7-16(15)12-19/h3-4,6-7,14,17-18,20H,2,5,8-13H2,1H3. The monoisotopic (exact) mass is 273 g/mol. The van der Waals surface area contributed by atoms with Crippen molar-refractivity contribution in [1.82, 2.24) is 4.90 Å². The largest absolute Gasteiger partial charge is 0.393 e. The minimum atomic E-state index is -0.0770. The molecule has 1 N–H and O–H groups in total. The fourth-order valence-electron chi connectivity index (χ4n) is 4.08. The van der Waals surface area contributed by atoms with E-state index in [0.717, 1.165) is 32.0 Å². The number of rotatable bonds is 4. The molecule has 0 bridgehead atoms. The summed E-state index contributed by atoms with van der Waals surface area (Å²) in [6.07, 6.45) is 6.00. The van der Waals surface area contributed by atoms with Crippen LogP contribution in [0.2, 0.25) is 0 Å². The number of hydrogen-bond acceptors (Lipinski definition) is 2. The Hall–Kier alpha value is -0.860. The second-order valence-electron chi connectivity index (χ2n) is 6.73. The molecule has 1 fully saturated rings. The first-order valence-electron chi connectivity index (χ1n) is 8.23. The second-order valence-corrected chi connectivity index (χ2v) is 6.73. The number of hydrogen-bond donors (Lipinski definition) is 1. The predicted molar refractivity (Wildman–Crippen MR) is 82.3 cm³/mol. The van der Waals surface area contributed by atoms with Gasteiger partial charge >= 0.3 is 0 Å². The highest BCUT2D eigenvalue weighted by Crippen LogP contribution is 2.34. The Bertz CT molecular complexity index is 420. The van der Waals surface area contributed by atoms with Crippen LogP contribution in [0.5, 0.6) is 0 Å². The van der Waals surface area contributed by atoms with Gasteiger partial charge in [0.25, 0.3) is 0 Å². The predicted octanol–water partition coefficient (Wildman–Crippen LogP) is 3.58. The summed E-state index contributed by atoms with van der Waals surface area (Å²) in [7, 11) is 0. The molecule has 3 unspecified atom stereocenters. The normalized spacial score (nSPS) is 30.4. The van der Waals surface area contributed by atoms with Crippen molar-refractivity contribution in [3.63, 3.8) is 0 Å². The van der Waals surface area contributed by atoms with E-state index in [-0.39, 0.29) is 6.10 Å². The van der Waals surface area contributed by atoms with E-state index in [1.807, 2.05) is 0 Å². The zero-order valence-electron chi connectivity index (χ0n) is 12.6. The van der Waals surface area contributed by atoms with E-state index in [1.165, 1.54) is 36.8 Å². The van der Waals surface area contributed by atoms with E-state index in [9.17, 15) is 5.11 Å². The molecule has 110 valence electrons. The molecule has 0 saturated heterocycles. The van der Waals surface area contributed by atoms with Gasteiger partial charge in [-0.25, -0.2) is 0 Å². The van der Waals surface area contributed by atoms with Gasteiger partial charge in [0.05, 0.1) is 6.10 Å². The van der Waals surface area contributed by atoms with Crippen molar-refractivity contribution in [3.8, 4) is 0 Å². The zero-order valence-corrected chi connectivity index (χ0v) is 12.6. The molecule has 0 radical (unpaired) electrons. The van der Waals surface area contributed by atoms with Crippen LogP contribution < -0.4 is 0 Å². The maximum atomic E-state index is 10.3. The average Bonchev–Trinajstić information content (AvgIpc) is 2.85. The van der Waals surface area contributed by atoms with Crippen LogP contribution in [0.3, 0.4) is 0 Å². The molecule has 2 aliphatic rings. The van der Waals surface area contributed by atoms with Gasteiger partial charge in [0.15, 0.2) is 0 Å². The highest BCUT2D eigenvalue weighted by Gasteiger charge is 2.31. The first-order chi connectivity index (χ1) is 9.76. The van der Waals surface area contributed by atoms with Gasteiger partial charge in [0, 0.05) is 19.6 Å². The van der Waals surface area contributed by atoms with E-state index < -0.39 is 0 Å². The molecule has 1 aromatic rings. The fourth-order valence-corrected chi connectivity index (χ4v) is 4.08. The quantitative estimate of drug-likeness (QED) is 0.906. The smallest absolute Gasteiger partial charge is 0.0580 e. The lowest BCUT2D eigenvalue weighted by atomic mass is 9.77. The molecule has 20 heavy (non-hydrogen) atoms. The minimum Gasteiger partial charge on any atom is -0.393 e. The van der Waals surface area contributed by atoms with Crippen molar-refractivity contribution in [2.75, 3.05) is 6.54 Å². The Kier molecular flexibility index (Phi) is 4.42. The van der Waals surface area contributed by atoms with Crippen molar-refractivity contribution in [3.05, 3.63) is 35.4 Å². The average molecular weight is 273 g/mol. The lowest BCUT2D eigenvalue weighted by Crippen LogP contribution is -2.37. The molecule has 0 amide bonds. The van der Waals surface area contributed by atoms with Gasteiger partial charge in [-0.2, -0.15) is 0 Å². The van der Waals surface area contributed by atoms with Gasteiger partial charge in [-0.15, -0.1) is 0 Å². The molecule has 0 spiro atoms. The molecule has 2 heteroatoms. The molecular weight excluding hydrogens is 246 g/mol.